The fourth-order valence-corrected chi connectivity index (χ4v) is 8.20. The molecular formula is C50H84N2O10. The number of esters is 3. The molecule has 1 saturated heterocycles. The number of carbonyl (C=O) groups is 5. The number of hydrogen-bond acceptors (Lipinski definition) is 10. The fourth-order valence-electron chi connectivity index (χ4n) is 8.20. The van der Waals surface area contributed by atoms with Gasteiger partial charge in [0.2, 0.25) is 5.91 Å². The molecule has 0 spiro atoms. The van der Waals surface area contributed by atoms with Crippen LogP contribution in [0.5, 0.6) is 0 Å². The van der Waals surface area contributed by atoms with E-state index in [4.69, 9.17) is 23.7 Å². The molecule has 2 rings (SSSR count). The summed E-state index contributed by atoms with van der Waals surface area (Å²) in [6.07, 6.45) is 23.9. The quantitative estimate of drug-likeness (QED) is 0.0397. The van der Waals surface area contributed by atoms with Crippen LogP contribution in [0.2, 0.25) is 0 Å². The van der Waals surface area contributed by atoms with Gasteiger partial charge in [-0.1, -0.05) is 192 Å². The molecule has 0 aromatic heterocycles. The van der Waals surface area contributed by atoms with E-state index in [0.29, 0.717) is 19.4 Å². The number of unbranched alkanes of at least 4 members (excludes halogenated alkanes) is 23. The maximum absolute atomic E-state index is 14.4. The summed E-state index contributed by atoms with van der Waals surface area (Å²) in [5.74, 6) is -2.15. The summed E-state index contributed by atoms with van der Waals surface area (Å²) in [4.78, 5) is 66.7. The van der Waals surface area contributed by atoms with Crippen LogP contribution in [0, 0.1) is 0 Å². The highest BCUT2D eigenvalue weighted by Gasteiger charge is 2.53. The average Bonchev–Trinajstić information content (AvgIpc) is 3.24. The van der Waals surface area contributed by atoms with Crippen LogP contribution in [0.4, 0.5) is 4.79 Å². The second-order valence-corrected chi connectivity index (χ2v) is 17.2. The molecular weight excluding hydrogens is 789 g/mol. The number of hydrogen-bond donors (Lipinski definition) is 1. The summed E-state index contributed by atoms with van der Waals surface area (Å²) >= 11 is 0. The van der Waals surface area contributed by atoms with Gasteiger partial charge in [0, 0.05) is 33.7 Å². The predicted molar refractivity (Wildman–Crippen MR) is 243 cm³/mol. The lowest BCUT2D eigenvalue weighted by Gasteiger charge is -2.48. The zero-order valence-corrected chi connectivity index (χ0v) is 39.3. The maximum atomic E-state index is 14.4. The Kier molecular flexibility index (Phi) is 30.5. The molecule has 1 fully saturated rings. The lowest BCUT2D eigenvalue weighted by molar-refractivity contribution is -0.245. The molecule has 0 radical (unpaired) electrons. The molecule has 1 heterocycles. The Bertz CT molecular complexity index is 1360. The highest BCUT2D eigenvalue weighted by Crippen LogP contribution is 2.30. The molecule has 5 atom stereocenters. The van der Waals surface area contributed by atoms with Gasteiger partial charge in [-0.15, -0.1) is 0 Å². The van der Waals surface area contributed by atoms with Crippen molar-refractivity contribution in [3.05, 3.63) is 35.9 Å². The first-order chi connectivity index (χ1) is 30.1. The normalized spacial score (nSPS) is 18.4. The monoisotopic (exact) mass is 873 g/mol. The Balaban J connectivity index is 2.22. The Hall–Kier alpha value is -3.67. The van der Waals surface area contributed by atoms with E-state index in [1.54, 1.807) is 4.90 Å². The maximum Gasteiger partial charge on any atom is 0.407 e. The Morgan fingerprint density at radius 2 is 1.02 bits per heavy atom. The molecule has 12 heteroatoms. The molecule has 62 heavy (non-hydrogen) atoms. The van der Waals surface area contributed by atoms with Gasteiger partial charge in [-0.2, -0.15) is 0 Å². The summed E-state index contributed by atoms with van der Waals surface area (Å²) in [6, 6.07) is 7.97. The SMILES string of the molecule is CCCCCCCCCCCCCCCCCC(=O)N(CCCCCCCCCCCC)[C@@H]1O[C@H](COC(C)=O)[C@H](OC(C)=O)[C@H](OC(C)=O)[C@H]1NC(=O)OCc1ccccc1. The number of rotatable bonds is 35. The van der Waals surface area contributed by atoms with Crippen LogP contribution >= 0.6 is 0 Å². The van der Waals surface area contributed by atoms with E-state index in [2.05, 4.69) is 19.2 Å². The van der Waals surface area contributed by atoms with Gasteiger partial charge in [0.05, 0.1) is 0 Å². The van der Waals surface area contributed by atoms with Crippen molar-refractivity contribution in [1.29, 1.82) is 0 Å². The lowest BCUT2D eigenvalue weighted by atomic mass is 9.94. The molecule has 1 aromatic rings. The number of amides is 2. The van der Waals surface area contributed by atoms with Crippen molar-refractivity contribution < 1.29 is 47.7 Å². The third kappa shape index (κ3) is 24.8. The lowest BCUT2D eigenvalue weighted by Crippen LogP contribution is -2.70. The first-order valence-corrected chi connectivity index (χ1v) is 24.5. The van der Waals surface area contributed by atoms with E-state index < -0.39 is 54.6 Å². The first kappa shape index (κ1) is 54.5. The van der Waals surface area contributed by atoms with Crippen molar-refractivity contribution >= 4 is 29.9 Å². The second kappa shape index (κ2) is 34.8. The van der Waals surface area contributed by atoms with E-state index in [1.807, 2.05) is 30.3 Å². The number of nitrogens with one attached hydrogen (secondary N) is 1. The van der Waals surface area contributed by atoms with Gasteiger partial charge in [0.25, 0.3) is 0 Å². The van der Waals surface area contributed by atoms with E-state index in [9.17, 15) is 24.0 Å². The Labute approximate surface area is 374 Å². The molecule has 1 aliphatic rings. The minimum atomic E-state index is -1.31. The van der Waals surface area contributed by atoms with E-state index in [-0.39, 0.29) is 25.5 Å². The molecule has 0 bridgehead atoms. The number of carbonyl (C=O) groups excluding carboxylic acids is 5. The first-order valence-electron chi connectivity index (χ1n) is 24.5. The fraction of sp³-hybridized carbons (Fsp3) is 0.780. The number of ether oxygens (including phenoxy) is 5. The molecule has 354 valence electrons. The van der Waals surface area contributed by atoms with Crippen molar-refractivity contribution in [3.8, 4) is 0 Å². The van der Waals surface area contributed by atoms with E-state index in [0.717, 1.165) is 44.1 Å². The van der Waals surface area contributed by atoms with Crippen LogP contribution < -0.4 is 5.32 Å². The third-order valence-electron chi connectivity index (χ3n) is 11.6. The van der Waals surface area contributed by atoms with Crippen molar-refractivity contribution in [3.63, 3.8) is 0 Å². The van der Waals surface area contributed by atoms with Gasteiger partial charge in [-0.25, -0.2) is 4.79 Å². The molecule has 1 aliphatic heterocycles. The van der Waals surface area contributed by atoms with Crippen molar-refractivity contribution in [2.45, 2.75) is 239 Å². The summed E-state index contributed by atoms with van der Waals surface area (Å²) in [5.41, 5.74) is 0.760. The molecule has 2 amide bonds. The topological polar surface area (TPSA) is 147 Å². The largest absolute Gasteiger partial charge is 0.463 e. The molecule has 0 saturated carbocycles. The van der Waals surface area contributed by atoms with Crippen LogP contribution in [-0.2, 0) is 49.5 Å². The van der Waals surface area contributed by atoms with Gasteiger partial charge in [-0.05, 0) is 18.4 Å². The highest BCUT2D eigenvalue weighted by atomic mass is 16.6. The third-order valence-corrected chi connectivity index (χ3v) is 11.6. The summed E-state index contributed by atoms with van der Waals surface area (Å²) in [6.45, 7) is 8.08. The molecule has 0 unspecified atom stereocenters. The van der Waals surface area contributed by atoms with Gasteiger partial charge in [0.15, 0.2) is 18.4 Å². The number of alkyl carbamates (subject to hydrolysis) is 1. The standard InChI is InChI=1S/C50H84N2O10/c1-6-8-10-12-14-16-18-19-20-21-22-23-25-27-32-36-45(56)52(37-33-28-26-24-17-15-13-11-9-7-2)49-46(51-50(57)59-38-43-34-30-29-31-35-43)48(61-42(5)55)47(60-41(4)54)44(62-49)39-58-40(3)53/h29-31,34-35,44,46-49H,6-28,32-33,36-39H2,1-5H3,(H,51,57)/t44-,46-,47+,48-,49-/m1/s1. The van der Waals surface area contributed by atoms with Crippen LogP contribution in [0.15, 0.2) is 30.3 Å². The van der Waals surface area contributed by atoms with Gasteiger partial charge >= 0.3 is 24.0 Å². The summed E-state index contributed by atoms with van der Waals surface area (Å²) in [5, 5.41) is 2.82. The Morgan fingerprint density at radius 1 is 0.565 bits per heavy atom. The van der Waals surface area contributed by atoms with Crippen molar-refractivity contribution in [2.24, 2.45) is 0 Å². The van der Waals surface area contributed by atoms with Gasteiger partial charge in [-0.3, -0.25) is 19.2 Å². The van der Waals surface area contributed by atoms with Crippen molar-refractivity contribution in [1.82, 2.24) is 10.2 Å². The summed E-state index contributed by atoms with van der Waals surface area (Å²) < 4.78 is 29.0. The van der Waals surface area contributed by atoms with Gasteiger partial charge < -0.3 is 33.9 Å². The van der Waals surface area contributed by atoms with Crippen LogP contribution in [0.25, 0.3) is 0 Å². The summed E-state index contributed by atoms with van der Waals surface area (Å²) in [7, 11) is 0. The van der Waals surface area contributed by atoms with Gasteiger partial charge in [0.1, 0.15) is 25.4 Å². The highest BCUT2D eigenvalue weighted by molar-refractivity contribution is 5.77. The van der Waals surface area contributed by atoms with E-state index >= 15 is 0 Å². The van der Waals surface area contributed by atoms with Crippen LogP contribution in [-0.4, -0.2) is 78.5 Å². The number of benzene rings is 1. The predicted octanol–water partition coefficient (Wildman–Crippen LogP) is 11.4. The molecule has 0 aliphatic carbocycles. The Morgan fingerprint density at radius 3 is 1.48 bits per heavy atom. The van der Waals surface area contributed by atoms with E-state index in [1.165, 1.54) is 130 Å². The minimum absolute atomic E-state index is 0.0357. The minimum Gasteiger partial charge on any atom is -0.463 e. The zero-order chi connectivity index (χ0) is 45.2. The smallest absolute Gasteiger partial charge is 0.407 e. The number of nitrogens with zero attached hydrogens (tertiary/aromatic N) is 1. The van der Waals surface area contributed by atoms with Crippen LogP contribution in [0.3, 0.4) is 0 Å². The molecule has 1 N–H and O–H groups in total. The zero-order valence-electron chi connectivity index (χ0n) is 39.3. The molecule has 1 aromatic carbocycles. The molecule has 12 nitrogen and oxygen atoms in total. The van der Waals surface area contributed by atoms with Crippen LogP contribution in [0.1, 0.15) is 207 Å². The second-order valence-electron chi connectivity index (χ2n) is 17.2. The average molecular weight is 873 g/mol. The van der Waals surface area contributed by atoms with Crippen molar-refractivity contribution in [2.75, 3.05) is 13.2 Å².